The molecule has 0 fully saturated rings. The molecule has 0 bridgehead atoms. The minimum Gasteiger partial charge on any atom is -0.456 e. The van der Waals surface area contributed by atoms with E-state index in [9.17, 15) is 0 Å². The second kappa shape index (κ2) is 14.4. The molecule has 64 heavy (non-hydrogen) atoms. The number of aromatic amines is 1. The SMILES string of the molecule is c1ccc2nc(-c3c(-c4cc5ccccc5o4)c(-c4cc5ccccc5[nH]4)c(-c4ncc5ccccc5n4)c(-c4cnc5ccccc5n4)c3-c3nccc4ccccc34)ccc2c1. The Morgan fingerprint density at radius 2 is 1.06 bits per heavy atom. The Labute approximate surface area is 365 Å². The topological polar surface area (TPSA) is 106 Å². The first-order valence-corrected chi connectivity index (χ1v) is 21.2. The van der Waals surface area contributed by atoms with Crippen LogP contribution in [0.5, 0.6) is 0 Å². The van der Waals surface area contributed by atoms with E-state index in [4.69, 9.17) is 34.3 Å². The van der Waals surface area contributed by atoms with E-state index in [-0.39, 0.29) is 0 Å². The Kier molecular flexibility index (Phi) is 8.04. The maximum atomic E-state index is 7.05. The van der Waals surface area contributed by atoms with Gasteiger partial charge in [0.25, 0.3) is 0 Å². The molecule has 13 rings (SSSR count). The Bertz CT molecular complexity index is 3930. The molecular formula is C56H33N7O. The highest BCUT2D eigenvalue weighted by atomic mass is 16.3. The van der Waals surface area contributed by atoms with E-state index >= 15 is 0 Å². The monoisotopic (exact) mass is 819 g/mol. The molecule has 1 N–H and O–H groups in total. The van der Waals surface area contributed by atoms with Crippen LogP contribution in [0.1, 0.15) is 0 Å². The van der Waals surface area contributed by atoms with Crippen LogP contribution in [0.3, 0.4) is 0 Å². The third kappa shape index (κ3) is 5.77. The number of benzene rings is 7. The summed E-state index contributed by atoms with van der Waals surface area (Å²) < 4.78 is 7.05. The number of aromatic nitrogens is 7. The molecule has 7 aromatic carbocycles. The van der Waals surface area contributed by atoms with Gasteiger partial charge < -0.3 is 9.40 Å². The summed E-state index contributed by atoms with van der Waals surface area (Å²) in [4.78, 5) is 35.8. The smallest absolute Gasteiger partial charge is 0.161 e. The Morgan fingerprint density at radius 3 is 1.91 bits per heavy atom. The van der Waals surface area contributed by atoms with E-state index in [1.807, 2.05) is 104 Å². The van der Waals surface area contributed by atoms with Gasteiger partial charge in [0.05, 0.1) is 45.3 Å². The first-order valence-electron chi connectivity index (χ1n) is 21.2. The molecule has 0 amide bonds. The number of nitrogens with one attached hydrogen (secondary N) is 1. The number of H-pyrrole nitrogens is 1. The van der Waals surface area contributed by atoms with Gasteiger partial charge in [-0.3, -0.25) is 9.97 Å². The molecule has 0 aliphatic heterocycles. The van der Waals surface area contributed by atoms with E-state index in [1.54, 1.807) is 0 Å². The van der Waals surface area contributed by atoms with Crippen LogP contribution in [0.25, 0.3) is 133 Å². The van der Waals surface area contributed by atoms with Crippen molar-refractivity contribution in [3.63, 3.8) is 0 Å². The summed E-state index contributed by atoms with van der Waals surface area (Å²) >= 11 is 0. The van der Waals surface area contributed by atoms with Crippen LogP contribution in [-0.4, -0.2) is 34.9 Å². The third-order valence-electron chi connectivity index (χ3n) is 12.2. The number of nitrogens with zero attached hydrogens (tertiary/aromatic N) is 6. The predicted octanol–water partition coefficient (Wildman–Crippen LogP) is 13.9. The van der Waals surface area contributed by atoms with Crippen molar-refractivity contribution in [3.05, 3.63) is 195 Å². The summed E-state index contributed by atoms with van der Waals surface area (Å²) in [5.74, 6) is 1.16. The number of hydrogen-bond donors (Lipinski definition) is 1. The highest BCUT2D eigenvalue weighted by molar-refractivity contribution is 6.16. The van der Waals surface area contributed by atoms with Crippen molar-refractivity contribution in [1.82, 2.24) is 34.9 Å². The standard InChI is InChI=1S/C56H33N7O/c1-6-18-38-33(13-1)27-28-57-55(38)53-49(44-26-25-34-14-2-7-19-39(34)60-44)52(48-30-36-16-5-12-24-47(36)64-48)50(45-29-35-15-3-8-20-40(35)61-45)54(56-59-31-37-17-4-9-21-41(37)63-56)51(53)46-32-58-42-22-10-11-23-43(42)62-46/h1-32,61H. The molecular weight excluding hydrogens is 787 g/mol. The zero-order valence-corrected chi connectivity index (χ0v) is 34.1. The van der Waals surface area contributed by atoms with Crippen molar-refractivity contribution in [2.45, 2.75) is 0 Å². The van der Waals surface area contributed by atoms with Gasteiger partial charge in [0.1, 0.15) is 11.3 Å². The number of para-hydroxylation sites is 6. The van der Waals surface area contributed by atoms with Crippen LogP contribution in [0.2, 0.25) is 0 Å². The molecule has 6 heterocycles. The minimum absolute atomic E-state index is 0.509. The molecule has 0 aliphatic rings. The van der Waals surface area contributed by atoms with Crippen LogP contribution >= 0.6 is 0 Å². The highest BCUT2D eigenvalue weighted by Gasteiger charge is 2.34. The summed E-state index contributed by atoms with van der Waals surface area (Å²) in [6.45, 7) is 0. The summed E-state index contributed by atoms with van der Waals surface area (Å²) in [6.07, 6.45) is 5.64. The Balaban J connectivity index is 1.34. The summed E-state index contributed by atoms with van der Waals surface area (Å²) in [7, 11) is 0. The van der Waals surface area contributed by atoms with Gasteiger partial charge >= 0.3 is 0 Å². The first-order chi connectivity index (χ1) is 31.7. The molecule has 13 aromatic rings. The molecule has 0 saturated carbocycles. The molecule has 0 saturated heterocycles. The zero-order valence-electron chi connectivity index (χ0n) is 34.1. The van der Waals surface area contributed by atoms with Gasteiger partial charge in [0, 0.05) is 83.9 Å². The second-order valence-corrected chi connectivity index (χ2v) is 15.9. The summed E-state index contributed by atoms with van der Waals surface area (Å²) in [6, 6.07) is 59.7. The number of fused-ring (bicyclic) bond motifs is 6. The largest absolute Gasteiger partial charge is 0.456 e. The second-order valence-electron chi connectivity index (χ2n) is 15.9. The van der Waals surface area contributed by atoms with Gasteiger partial charge in [-0.25, -0.2) is 19.9 Å². The molecule has 0 radical (unpaired) electrons. The zero-order chi connectivity index (χ0) is 42.1. The van der Waals surface area contributed by atoms with Crippen molar-refractivity contribution >= 4 is 65.5 Å². The third-order valence-corrected chi connectivity index (χ3v) is 12.2. The maximum Gasteiger partial charge on any atom is 0.161 e. The van der Waals surface area contributed by atoms with Gasteiger partial charge in [0.15, 0.2) is 5.82 Å². The van der Waals surface area contributed by atoms with Crippen molar-refractivity contribution < 1.29 is 4.42 Å². The normalized spacial score (nSPS) is 11.8. The van der Waals surface area contributed by atoms with Crippen molar-refractivity contribution in [2.75, 3.05) is 0 Å². The fourth-order valence-corrected chi connectivity index (χ4v) is 9.25. The molecule has 0 aliphatic carbocycles. The van der Waals surface area contributed by atoms with Crippen LogP contribution in [0.15, 0.2) is 199 Å². The number of hydrogen-bond acceptors (Lipinski definition) is 7. The van der Waals surface area contributed by atoms with Gasteiger partial charge in [-0.05, 0) is 66.0 Å². The molecule has 0 atom stereocenters. The molecule has 6 aromatic heterocycles. The van der Waals surface area contributed by atoms with Gasteiger partial charge in [-0.15, -0.1) is 0 Å². The van der Waals surface area contributed by atoms with Crippen molar-refractivity contribution in [3.8, 4) is 67.7 Å². The fraction of sp³-hybridized carbons (Fsp3) is 0. The Hall–Kier alpha value is -8.88. The van der Waals surface area contributed by atoms with Gasteiger partial charge in [-0.2, -0.15) is 0 Å². The van der Waals surface area contributed by atoms with E-state index in [1.165, 1.54) is 0 Å². The molecule has 298 valence electrons. The van der Waals surface area contributed by atoms with E-state index in [2.05, 4.69) is 96.0 Å². The average molecular weight is 820 g/mol. The minimum atomic E-state index is 0.509. The van der Waals surface area contributed by atoms with E-state index in [0.717, 1.165) is 116 Å². The van der Waals surface area contributed by atoms with Crippen LogP contribution < -0.4 is 0 Å². The Morgan fingerprint density at radius 1 is 0.391 bits per heavy atom. The number of rotatable bonds is 6. The summed E-state index contributed by atoms with van der Waals surface area (Å²) in [5, 5.41) is 5.97. The van der Waals surface area contributed by atoms with Crippen LogP contribution in [0.4, 0.5) is 0 Å². The maximum absolute atomic E-state index is 7.05. The molecule has 8 heteroatoms. The number of pyridine rings is 2. The van der Waals surface area contributed by atoms with Gasteiger partial charge in [0.2, 0.25) is 0 Å². The molecule has 8 nitrogen and oxygen atoms in total. The van der Waals surface area contributed by atoms with Gasteiger partial charge in [-0.1, -0.05) is 115 Å². The quantitative estimate of drug-likeness (QED) is 0.178. The fourth-order valence-electron chi connectivity index (χ4n) is 9.25. The van der Waals surface area contributed by atoms with E-state index in [0.29, 0.717) is 17.3 Å². The molecule has 0 unspecified atom stereocenters. The van der Waals surface area contributed by atoms with Crippen LogP contribution in [-0.2, 0) is 0 Å². The predicted molar refractivity (Wildman–Crippen MR) is 257 cm³/mol. The lowest BCUT2D eigenvalue weighted by atomic mass is 9.79. The lowest BCUT2D eigenvalue weighted by molar-refractivity contribution is 0.632. The van der Waals surface area contributed by atoms with E-state index < -0.39 is 0 Å². The lowest BCUT2D eigenvalue weighted by Gasteiger charge is -2.26. The number of furan rings is 1. The molecule has 0 spiro atoms. The first kappa shape index (κ1) is 35.8. The van der Waals surface area contributed by atoms with Crippen molar-refractivity contribution in [1.29, 1.82) is 0 Å². The van der Waals surface area contributed by atoms with Crippen LogP contribution in [0, 0.1) is 0 Å². The van der Waals surface area contributed by atoms with Crippen molar-refractivity contribution in [2.24, 2.45) is 0 Å². The average Bonchev–Trinajstić information content (AvgIpc) is 4.00. The highest BCUT2D eigenvalue weighted by Crippen LogP contribution is 2.56. The summed E-state index contributed by atoms with van der Waals surface area (Å²) in [5.41, 5.74) is 12.6. The lowest BCUT2D eigenvalue weighted by Crippen LogP contribution is -2.06.